The number of benzene rings is 2. The minimum atomic E-state index is -0.104. The summed E-state index contributed by atoms with van der Waals surface area (Å²) in [7, 11) is 0. The van der Waals surface area contributed by atoms with Gasteiger partial charge >= 0.3 is 0 Å². The number of hydrogen-bond donors (Lipinski definition) is 0. The number of ether oxygens (including phenoxy) is 4. The molecule has 0 aliphatic carbocycles. The van der Waals surface area contributed by atoms with Gasteiger partial charge in [0.25, 0.3) is 0 Å². The molecule has 2 aliphatic rings. The Bertz CT molecular complexity index is 786. The largest absolute Gasteiger partial charge is 0.486 e. The first kappa shape index (κ1) is 16.4. The molecule has 2 aromatic carbocycles. The zero-order chi connectivity index (χ0) is 17.9. The summed E-state index contributed by atoms with van der Waals surface area (Å²) in [6.07, 6.45) is 0.264. The standard InChI is InChI=1S/C20H18O6/c21-15(13-1-5-17-19(11-13)25-9-7-23-17)3-4-16(22)14-2-6-18-20(12-14)26-10-8-24-18/h1-2,5-6,11-12H,3-4,7-10H2. The first-order chi connectivity index (χ1) is 12.7. The molecule has 4 rings (SSSR count). The van der Waals surface area contributed by atoms with E-state index in [0.29, 0.717) is 60.6 Å². The second-order valence-electron chi connectivity index (χ2n) is 6.06. The first-order valence-electron chi connectivity index (χ1n) is 8.56. The third kappa shape index (κ3) is 3.35. The first-order valence-corrected chi connectivity index (χ1v) is 8.56. The summed E-state index contributed by atoms with van der Waals surface area (Å²) >= 11 is 0. The maximum atomic E-state index is 12.4. The Labute approximate surface area is 150 Å². The summed E-state index contributed by atoms with van der Waals surface area (Å²) < 4.78 is 21.9. The van der Waals surface area contributed by atoms with Gasteiger partial charge in [-0.25, -0.2) is 0 Å². The van der Waals surface area contributed by atoms with Crippen molar-refractivity contribution in [2.24, 2.45) is 0 Å². The van der Waals surface area contributed by atoms with E-state index in [0.717, 1.165) is 0 Å². The summed E-state index contributed by atoms with van der Waals surface area (Å²) in [5.74, 6) is 2.21. The molecule has 0 aromatic heterocycles. The monoisotopic (exact) mass is 354 g/mol. The molecule has 0 N–H and O–H groups in total. The number of fused-ring (bicyclic) bond motifs is 2. The fourth-order valence-corrected chi connectivity index (χ4v) is 2.95. The topological polar surface area (TPSA) is 71.1 Å². The highest BCUT2D eigenvalue weighted by molar-refractivity contribution is 6.02. The van der Waals surface area contributed by atoms with Crippen LogP contribution in [0.15, 0.2) is 36.4 Å². The quantitative estimate of drug-likeness (QED) is 0.769. The van der Waals surface area contributed by atoms with Gasteiger partial charge in [0.05, 0.1) is 0 Å². The third-order valence-electron chi connectivity index (χ3n) is 4.31. The Morgan fingerprint density at radius 1 is 0.615 bits per heavy atom. The van der Waals surface area contributed by atoms with E-state index in [2.05, 4.69) is 0 Å². The lowest BCUT2D eigenvalue weighted by Gasteiger charge is -2.19. The van der Waals surface area contributed by atoms with E-state index in [-0.39, 0.29) is 24.4 Å². The maximum Gasteiger partial charge on any atom is 0.163 e. The molecule has 2 heterocycles. The van der Waals surface area contributed by atoms with Gasteiger partial charge in [-0.1, -0.05) is 0 Å². The molecule has 0 saturated heterocycles. The summed E-state index contributed by atoms with van der Waals surface area (Å²) in [5, 5.41) is 0. The van der Waals surface area contributed by atoms with Crippen molar-refractivity contribution in [3.8, 4) is 23.0 Å². The van der Waals surface area contributed by atoms with Gasteiger partial charge in [-0.15, -0.1) is 0 Å². The Morgan fingerprint density at radius 3 is 1.42 bits per heavy atom. The Kier molecular flexibility index (Phi) is 4.48. The van der Waals surface area contributed by atoms with Crippen molar-refractivity contribution in [1.82, 2.24) is 0 Å². The van der Waals surface area contributed by atoms with Crippen LogP contribution in [0.5, 0.6) is 23.0 Å². The van der Waals surface area contributed by atoms with Crippen LogP contribution in [0, 0.1) is 0 Å². The zero-order valence-electron chi connectivity index (χ0n) is 14.2. The van der Waals surface area contributed by atoms with E-state index < -0.39 is 0 Å². The summed E-state index contributed by atoms with van der Waals surface area (Å²) in [4.78, 5) is 24.8. The van der Waals surface area contributed by atoms with Crippen LogP contribution in [0.25, 0.3) is 0 Å². The molecule has 0 spiro atoms. The lowest BCUT2D eigenvalue weighted by atomic mass is 10.0. The highest BCUT2D eigenvalue weighted by atomic mass is 16.6. The average molecular weight is 354 g/mol. The molecule has 2 aliphatic heterocycles. The van der Waals surface area contributed by atoms with Gasteiger partial charge in [0.1, 0.15) is 26.4 Å². The zero-order valence-corrected chi connectivity index (χ0v) is 14.2. The number of Topliss-reactive ketones (excluding diaryl/α,β-unsaturated/α-hetero) is 2. The fraction of sp³-hybridized carbons (Fsp3) is 0.300. The molecule has 26 heavy (non-hydrogen) atoms. The smallest absolute Gasteiger partial charge is 0.163 e. The molecular formula is C20H18O6. The number of rotatable bonds is 5. The molecule has 0 fully saturated rings. The second kappa shape index (κ2) is 7.07. The Balaban J connectivity index is 1.40. The van der Waals surface area contributed by atoms with E-state index in [1.54, 1.807) is 36.4 Å². The number of carbonyl (C=O) groups is 2. The Hall–Kier alpha value is -3.02. The summed E-state index contributed by atoms with van der Waals surface area (Å²) in [6.45, 7) is 1.94. The average Bonchev–Trinajstić information content (AvgIpc) is 2.71. The molecular weight excluding hydrogens is 336 g/mol. The number of carbonyl (C=O) groups excluding carboxylic acids is 2. The lowest BCUT2D eigenvalue weighted by molar-refractivity contribution is 0.0916. The van der Waals surface area contributed by atoms with Crippen LogP contribution in [0.2, 0.25) is 0 Å². The minimum Gasteiger partial charge on any atom is -0.486 e. The van der Waals surface area contributed by atoms with Crippen LogP contribution >= 0.6 is 0 Å². The molecule has 6 nitrogen and oxygen atoms in total. The molecule has 0 bridgehead atoms. The van der Waals surface area contributed by atoms with E-state index in [1.165, 1.54) is 0 Å². The number of hydrogen-bond acceptors (Lipinski definition) is 6. The highest BCUT2D eigenvalue weighted by Gasteiger charge is 2.18. The minimum absolute atomic E-state index is 0.104. The van der Waals surface area contributed by atoms with Crippen molar-refractivity contribution in [3.05, 3.63) is 47.5 Å². The van der Waals surface area contributed by atoms with Gasteiger partial charge in [0.15, 0.2) is 34.6 Å². The molecule has 0 amide bonds. The van der Waals surface area contributed by atoms with Crippen LogP contribution in [0.3, 0.4) is 0 Å². The third-order valence-corrected chi connectivity index (χ3v) is 4.31. The van der Waals surface area contributed by atoms with Gasteiger partial charge in [0.2, 0.25) is 0 Å². The van der Waals surface area contributed by atoms with Crippen LogP contribution in [-0.2, 0) is 0 Å². The predicted octanol–water partition coefficient (Wildman–Crippen LogP) is 3.07. The van der Waals surface area contributed by atoms with Crippen LogP contribution in [0.4, 0.5) is 0 Å². The molecule has 0 atom stereocenters. The van der Waals surface area contributed by atoms with Gasteiger partial charge in [-0.2, -0.15) is 0 Å². The van der Waals surface area contributed by atoms with Crippen LogP contribution in [0.1, 0.15) is 33.6 Å². The number of ketones is 2. The molecule has 134 valence electrons. The SMILES string of the molecule is O=C(CCC(=O)c1ccc2c(c1)OCCO2)c1ccc2c(c1)OCCO2. The van der Waals surface area contributed by atoms with Crippen LogP contribution < -0.4 is 18.9 Å². The lowest BCUT2D eigenvalue weighted by Crippen LogP contribution is -2.16. The van der Waals surface area contributed by atoms with E-state index >= 15 is 0 Å². The Morgan fingerprint density at radius 2 is 1.00 bits per heavy atom. The van der Waals surface area contributed by atoms with E-state index in [1.807, 2.05) is 0 Å². The molecule has 2 aromatic rings. The van der Waals surface area contributed by atoms with Crippen molar-refractivity contribution in [3.63, 3.8) is 0 Å². The van der Waals surface area contributed by atoms with Crippen molar-refractivity contribution >= 4 is 11.6 Å². The van der Waals surface area contributed by atoms with Crippen LogP contribution in [-0.4, -0.2) is 38.0 Å². The normalized spacial score (nSPS) is 14.6. The predicted molar refractivity (Wildman–Crippen MR) is 92.8 cm³/mol. The molecule has 0 unspecified atom stereocenters. The van der Waals surface area contributed by atoms with Crippen molar-refractivity contribution in [1.29, 1.82) is 0 Å². The van der Waals surface area contributed by atoms with E-state index in [9.17, 15) is 9.59 Å². The highest BCUT2D eigenvalue weighted by Crippen LogP contribution is 2.32. The summed E-state index contributed by atoms with van der Waals surface area (Å²) in [6, 6.07) is 10.2. The molecule has 0 radical (unpaired) electrons. The second-order valence-corrected chi connectivity index (χ2v) is 6.06. The maximum absolute atomic E-state index is 12.4. The van der Waals surface area contributed by atoms with Gasteiger partial charge in [-0.05, 0) is 36.4 Å². The summed E-state index contributed by atoms with van der Waals surface area (Å²) in [5.41, 5.74) is 1.04. The van der Waals surface area contributed by atoms with Gasteiger partial charge in [0, 0.05) is 24.0 Å². The molecule has 6 heteroatoms. The van der Waals surface area contributed by atoms with Crippen molar-refractivity contribution in [2.45, 2.75) is 12.8 Å². The van der Waals surface area contributed by atoms with Gasteiger partial charge in [-0.3, -0.25) is 9.59 Å². The molecule has 0 saturated carbocycles. The van der Waals surface area contributed by atoms with Crippen molar-refractivity contribution < 1.29 is 28.5 Å². The fourth-order valence-electron chi connectivity index (χ4n) is 2.95. The van der Waals surface area contributed by atoms with Gasteiger partial charge < -0.3 is 18.9 Å². The van der Waals surface area contributed by atoms with Crippen molar-refractivity contribution in [2.75, 3.05) is 26.4 Å². The van der Waals surface area contributed by atoms with E-state index in [4.69, 9.17) is 18.9 Å².